The maximum atomic E-state index is 5.21. The molecule has 0 spiro atoms. The van der Waals surface area contributed by atoms with Crippen LogP contribution in [-0.4, -0.2) is 76.0 Å². The standard InChI is InChI=1S/C14H34N2O.5CH4/c1-7-15(4,8-2)11-10-12-16(5,9-3)13-14-17-6;;;;;/h7-14H2,1-6H3;5*1H4/q+2;;;;;. The molecule has 0 aromatic heterocycles. The van der Waals surface area contributed by atoms with Gasteiger partial charge in [-0.1, -0.05) is 37.1 Å². The van der Waals surface area contributed by atoms with Gasteiger partial charge >= 0.3 is 0 Å². The molecule has 0 amide bonds. The first-order valence-corrected chi connectivity index (χ1v) is 7.11. The molecule has 0 aliphatic heterocycles. The molecule has 0 aliphatic carbocycles. The van der Waals surface area contributed by atoms with E-state index in [0.29, 0.717) is 0 Å². The van der Waals surface area contributed by atoms with Crippen molar-refractivity contribution < 1.29 is 13.7 Å². The number of nitrogens with zero attached hydrogens (tertiary/aromatic N) is 2. The van der Waals surface area contributed by atoms with E-state index in [9.17, 15) is 0 Å². The summed E-state index contributed by atoms with van der Waals surface area (Å²) in [7, 11) is 6.51. The Morgan fingerprint density at radius 1 is 0.636 bits per heavy atom. The fourth-order valence-corrected chi connectivity index (χ4v) is 2.11. The van der Waals surface area contributed by atoms with Gasteiger partial charge in [0.15, 0.2) is 0 Å². The van der Waals surface area contributed by atoms with Crippen LogP contribution in [-0.2, 0) is 4.74 Å². The minimum Gasteiger partial charge on any atom is -0.379 e. The van der Waals surface area contributed by atoms with Gasteiger partial charge in [-0.25, -0.2) is 0 Å². The van der Waals surface area contributed by atoms with E-state index in [1.165, 1.54) is 43.6 Å². The molecule has 22 heavy (non-hydrogen) atoms. The van der Waals surface area contributed by atoms with E-state index < -0.39 is 0 Å². The molecular weight excluding hydrogens is 272 g/mol. The van der Waals surface area contributed by atoms with E-state index in [2.05, 4.69) is 34.9 Å². The van der Waals surface area contributed by atoms with Gasteiger partial charge in [-0.2, -0.15) is 0 Å². The van der Waals surface area contributed by atoms with Gasteiger partial charge < -0.3 is 13.7 Å². The van der Waals surface area contributed by atoms with Crippen LogP contribution in [0.1, 0.15) is 64.3 Å². The summed E-state index contributed by atoms with van der Waals surface area (Å²) >= 11 is 0. The zero-order valence-electron chi connectivity index (χ0n) is 13.0. The SMILES string of the molecule is C.C.C.C.C.CC[N+](C)(CC)CCC[N+](C)(CC)CCOC. The maximum Gasteiger partial charge on any atom is 0.102 e. The Labute approximate surface area is 145 Å². The predicted molar refractivity (Wildman–Crippen MR) is 109 cm³/mol. The van der Waals surface area contributed by atoms with E-state index in [1.54, 1.807) is 7.11 Å². The van der Waals surface area contributed by atoms with Crippen LogP contribution in [0.2, 0.25) is 0 Å². The molecule has 0 saturated carbocycles. The number of likely N-dealkylation sites (N-methyl/N-ethyl adjacent to an activating group) is 1. The average molecular weight is 327 g/mol. The second-order valence-corrected chi connectivity index (χ2v) is 5.70. The van der Waals surface area contributed by atoms with Crippen molar-refractivity contribution in [1.29, 1.82) is 0 Å². The molecule has 0 fully saturated rings. The molecule has 0 N–H and O–H groups in total. The van der Waals surface area contributed by atoms with Gasteiger partial charge in [0.2, 0.25) is 0 Å². The molecular formula is C19H54N2O+2. The van der Waals surface area contributed by atoms with Crippen LogP contribution in [0.25, 0.3) is 0 Å². The minimum absolute atomic E-state index is 0. The Hall–Kier alpha value is -0.120. The van der Waals surface area contributed by atoms with Crippen LogP contribution in [0.15, 0.2) is 0 Å². The third kappa shape index (κ3) is 14.8. The van der Waals surface area contributed by atoms with Gasteiger partial charge in [0, 0.05) is 13.5 Å². The van der Waals surface area contributed by atoms with Crippen LogP contribution < -0.4 is 0 Å². The van der Waals surface area contributed by atoms with Crippen LogP contribution >= 0.6 is 0 Å². The highest BCUT2D eigenvalue weighted by atomic mass is 16.5. The highest BCUT2D eigenvalue weighted by Crippen LogP contribution is 2.08. The number of ether oxygens (including phenoxy) is 1. The molecule has 3 nitrogen and oxygen atoms in total. The zero-order valence-corrected chi connectivity index (χ0v) is 13.0. The molecule has 3 heteroatoms. The molecule has 1 unspecified atom stereocenters. The monoisotopic (exact) mass is 326 g/mol. The van der Waals surface area contributed by atoms with Crippen molar-refractivity contribution in [3.05, 3.63) is 0 Å². The van der Waals surface area contributed by atoms with Crippen molar-refractivity contribution in [2.24, 2.45) is 0 Å². The summed E-state index contributed by atoms with van der Waals surface area (Å²) in [6.07, 6.45) is 1.31. The molecule has 0 rings (SSSR count). The second kappa shape index (κ2) is 18.9. The fraction of sp³-hybridized carbons (Fsp3) is 1.00. The predicted octanol–water partition coefficient (Wildman–Crippen LogP) is 5.16. The third-order valence-corrected chi connectivity index (χ3v) is 4.52. The molecule has 1 atom stereocenters. The lowest BCUT2D eigenvalue weighted by Crippen LogP contribution is -2.50. The first-order valence-electron chi connectivity index (χ1n) is 7.11. The van der Waals surface area contributed by atoms with E-state index >= 15 is 0 Å². The van der Waals surface area contributed by atoms with Crippen LogP contribution in [0.5, 0.6) is 0 Å². The maximum absolute atomic E-state index is 5.21. The minimum atomic E-state index is 0. The summed E-state index contributed by atoms with van der Waals surface area (Å²) in [5, 5.41) is 0. The zero-order chi connectivity index (χ0) is 13.4. The van der Waals surface area contributed by atoms with Crippen molar-refractivity contribution in [3.63, 3.8) is 0 Å². The molecule has 0 aliphatic rings. The van der Waals surface area contributed by atoms with Crippen molar-refractivity contribution in [2.45, 2.75) is 64.3 Å². The highest BCUT2D eigenvalue weighted by Gasteiger charge is 2.22. The molecule has 0 aromatic rings. The van der Waals surface area contributed by atoms with Crippen molar-refractivity contribution in [2.75, 3.05) is 67.1 Å². The van der Waals surface area contributed by atoms with Gasteiger partial charge in [-0.15, -0.1) is 0 Å². The van der Waals surface area contributed by atoms with E-state index in [0.717, 1.165) is 17.6 Å². The third-order valence-electron chi connectivity index (χ3n) is 4.52. The highest BCUT2D eigenvalue weighted by molar-refractivity contribution is 4.42. The smallest absolute Gasteiger partial charge is 0.102 e. The van der Waals surface area contributed by atoms with Gasteiger partial charge in [0.25, 0.3) is 0 Å². The number of hydrogen-bond donors (Lipinski definition) is 0. The fourth-order valence-electron chi connectivity index (χ4n) is 2.11. The van der Waals surface area contributed by atoms with E-state index in [-0.39, 0.29) is 37.1 Å². The molecule has 0 saturated heterocycles. The first kappa shape index (κ1) is 37.8. The molecule has 0 aromatic carbocycles. The van der Waals surface area contributed by atoms with Crippen molar-refractivity contribution in [1.82, 2.24) is 0 Å². The summed E-state index contributed by atoms with van der Waals surface area (Å²) in [6.45, 7) is 15.1. The Kier molecular flexibility index (Phi) is 32.5. The van der Waals surface area contributed by atoms with Gasteiger partial charge in [-0.3, -0.25) is 0 Å². The average Bonchev–Trinajstić information content (AvgIpc) is 2.36. The summed E-state index contributed by atoms with van der Waals surface area (Å²) < 4.78 is 7.55. The largest absolute Gasteiger partial charge is 0.379 e. The number of rotatable bonds is 10. The molecule has 144 valence electrons. The molecule has 0 bridgehead atoms. The lowest BCUT2D eigenvalue weighted by molar-refractivity contribution is -0.925. The van der Waals surface area contributed by atoms with Crippen LogP contribution in [0.3, 0.4) is 0 Å². The second-order valence-electron chi connectivity index (χ2n) is 5.70. The van der Waals surface area contributed by atoms with Gasteiger partial charge in [-0.05, 0) is 20.8 Å². The normalized spacial score (nSPS) is 12.3. The quantitative estimate of drug-likeness (QED) is 0.504. The Bertz CT molecular complexity index is 194. The molecule has 0 radical (unpaired) electrons. The van der Waals surface area contributed by atoms with Gasteiger partial charge in [0.05, 0.1) is 53.4 Å². The summed E-state index contributed by atoms with van der Waals surface area (Å²) in [6, 6.07) is 0. The Morgan fingerprint density at radius 2 is 1.00 bits per heavy atom. The van der Waals surface area contributed by atoms with Crippen molar-refractivity contribution in [3.8, 4) is 0 Å². The first-order chi connectivity index (χ1) is 7.95. The summed E-state index contributed by atoms with van der Waals surface area (Å²) in [5.41, 5.74) is 0. The molecule has 0 heterocycles. The lowest BCUT2D eigenvalue weighted by Gasteiger charge is -2.36. The Balaban J connectivity index is -0.000000128. The number of quaternary nitrogens is 2. The van der Waals surface area contributed by atoms with Gasteiger partial charge in [0.1, 0.15) is 6.54 Å². The number of methoxy groups -OCH3 is 1. The van der Waals surface area contributed by atoms with E-state index in [1.807, 2.05) is 0 Å². The summed E-state index contributed by atoms with van der Waals surface area (Å²) in [5.74, 6) is 0. The van der Waals surface area contributed by atoms with Crippen LogP contribution in [0.4, 0.5) is 0 Å². The number of hydrogen-bond acceptors (Lipinski definition) is 1. The Morgan fingerprint density at radius 3 is 1.32 bits per heavy atom. The lowest BCUT2D eigenvalue weighted by atomic mass is 10.2. The summed E-state index contributed by atoms with van der Waals surface area (Å²) in [4.78, 5) is 0. The van der Waals surface area contributed by atoms with E-state index in [4.69, 9.17) is 4.74 Å². The topological polar surface area (TPSA) is 9.23 Å². The van der Waals surface area contributed by atoms with Crippen molar-refractivity contribution >= 4 is 0 Å². The van der Waals surface area contributed by atoms with Crippen LogP contribution in [0, 0.1) is 0 Å².